The van der Waals surface area contributed by atoms with E-state index in [0.29, 0.717) is 12.1 Å². The Balaban J connectivity index is 1.83. The molecule has 2 rings (SSSR count). The first-order chi connectivity index (χ1) is 11.9. The Morgan fingerprint density at radius 1 is 1.12 bits per heavy atom. The number of aryl methyl sites for hydroxylation is 2. The SMILES string of the molecule is Cc1ccc(C(=O)NCC(=O)NC[C@H](c2cccs2)[NH+](C)C)cc1C. The van der Waals surface area contributed by atoms with Crippen LogP contribution in [0.15, 0.2) is 35.7 Å². The molecule has 0 bridgehead atoms. The Morgan fingerprint density at radius 2 is 1.88 bits per heavy atom. The van der Waals surface area contributed by atoms with Gasteiger partial charge in [0.2, 0.25) is 5.91 Å². The second-order valence-electron chi connectivity index (χ2n) is 6.43. The molecule has 1 atom stereocenters. The summed E-state index contributed by atoms with van der Waals surface area (Å²) in [6, 6.07) is 9.83. The van der Waals surface area contributed by atoms with Gasteiger partial charge in [0.25, 0.3) is 5.91 Å². The third-order valence-corrected chi connectivity index (χ3v) is 5.25. The van der Waals surface area contributed by atoms with E-state index in [1.165, 1.54) is 9.78 Å². The van der Waals surface area contributed by atoms with Crippen LogP contribution in [0.4, 0.5) is 0 Å². The summed E-state index contributed by atoms with van der Waals surface area (Å²) in [5.74, 6) is -0.411. The number of rotatable bonds is 7. The molecular formula is C19H26N3O2S+. The molecule has 0 spiro atoms. The average molecular weight is 361 g/mol. The van der Waals surface area contributed by atoms with Crippen LogP contribution in [0.3, 0.4) is 0 Å². The Bertz CT molecular complexity index is 726. The van der Waals surface area contributed by atoms with Crippen LogP contribution in [0.2, 0.25) is 0 Å². The molecule has 0 aliphatic carbocycles. The summed E-state index contributed by atoms with van der Waals surface area (Å²) in [6.45, 7) is 4.49. The summed E-state index contributed by atoms with van der Waals surface area (Å²) in [5.41, 5.74) is 2.77. The molecule has 1 aromatic heterocycles. The lowest BCUT2D eigenvalue weighted by Crippen LogP contribution is -3.06. The van der Waals surface area contributed by atoms with Crippen molar-refractivity contribution in [1.82, 2.24) is 10.6 Å². The molecular weight excluding hydrogens is 334 g/mol. The number of quaternary nitrogens is 1. The van der Waals surface area contributed by atoms with Gasteiger partial charge in [0.15, 0.2) is 0 Å². The molecule has 0 saturated carbocycles. The fourth-order valence-corrected chi connectivity index (χ4v) is 3.46. The first-order valence-electron chi connectivity index (χ1n) is 8.34. The van der Waals surface area contributed by atoms with Crippen LogP contribution in [0.25, 0.3) is 0 Å². The highest BCUT2D eigenvalue weighted by molar-refractivity contribution is 7.10. The highest BCUT2D eigenvalue weighted by Crippen LogP contribution is 2.15. The van der Waals surface area contributed by atoms with E-state index < -0.39 is 0 Å². The van der Waals surface area contributed by atoms with Crippen LogP contribution < -0.4 is 15.5 Å². The van der Waals surface area contributed by atoms with E-state index in [2.05, 4.69) is 30.8 Å². The van der Waals surface area contributed by atoms with Gasteiger partial charge in [-0.15, -0.1) is 11.3 Å². The Kier molecular flexibility index (Phi) is 6.73. The van der Waals surface area contributed by atoms with E-state index in [-0.39, 0.29) is 24.4 Å². The minimum atomic E-state index is -0.230. The van der Waals surface area contributed by atoms with Crippen molar-refractivity contribution in [3.8, 4) is 0 Å². The van der Waals surface area contributed by atoms with Gasteiger partial charge in [-0.1, -0.05) is 12.1 Å². The molecule has 0 unspecified atom stereocenters. The van der Waals surface area contributed by atoms with E-state index in [9.17, 15) is 9.59 Å². The van der Waals surface area contributed by atoms with Crippen LogP contribution in [-0.2, 0) is 4.79 Å². The Labute approximate surface area is 153 Å². The standard InChI is InChI=1S/C19H25N3O2S/c1-13-7-8-15(10-14(13)2)19(24)21-12-18(23)20-11-16(22(3)4)17-6-5-9-25-17/h5-10,16H,11-12H2,1-4H3,(H,20,23)(H,21,24)/p+1/t16-/m1/s1. The maximum absolute atomic E-state index is 12.2. The van der Waals surface area contributed by atoms with Gasteiger partial charge >= 0.3 is 0 Å². The van der Waals surface area contributed by atoms with Crippen molar-refractivity contribution >= 4 is 23.2 Å². The number of hydrogen-bond donors (Lipinski definition) is 3. The highest BCUT2D eigenvalue weighted by atomic mass is 32.1. The molecule has 0 fully saturated rings. The Morgan fingerprint density at radius 3 is 2.48 bits per heavy atom. The third kappa shape index (κ3) is 5.41. The van der Waals surface area contributed by atoms with E-state index in [4.69, 9.17) is 0 Å². The van der Waals surface area contributed by atoms with E-state index >= 15 is 0 Å². The van der Waals surface area contributed by atoms with Crippen molar-refractivity contribution in [2.24, 2.45) is 0 Å². The molecule has 2 aromatic rings. The van der Waals surface area contributed by atoms with Crippen molar-refractivity contribution < 1.29 is 14.5 Å². The predicted molar refractivity (Wildman–Crippen MR) is 101 cm³/mol. The molecule has 5 nitrogen and oxygen atoms in total. The lowest BCUT2D eigenvalue weighted by molar-refractivity contribution is -0.890. The number of carbonyl (C=O) groups excluding carboxylic acids is 2. The van der Waals surface area contributed by atoms with Crippen LogP contribution in [0.5, 0.6) is 0 Å². The third-order valence-electron chi connectivity index (χ3n) is 4.27. The van der Waals surface area contributed by atoms with Crippen molar-refractivity contribution in [3.05, 3.63) is 57.3 Å². The van der Waals surface area contributed by atoms with Gasteiger partial charge in [-0.2, -0.15) is 0 Å². The van der Waals surface area contributed by atoms with Crippen LogP contribution in [0, 0.1) is 13.8 Å². The van der Waals surface area contributed by atoms with Crippen molar-refractivity contribution in [2.45, 2.75) is 19.9 Å². The van der Waals surface area contributed by atoms with Crippen molar-refractivity contribution in [2.75, 3.05) is 27.2 Å². The molecule has 3 N–H and O–H groups in total. The maximum atomic E-state index is 12.2. The zero-order chi connectivity index (χ0) is 18.4. The minimum absolute atomic E-state index is 0.0221. The van der Waals surface area contributed by atoms with E-state index in [1.807, 2.05) is 37.4 Å². The molecule has 0 aliphatic rings. The van der Waals surface area contributed by atoms with Crippen molar-refractivity contribution in [1.29, 1.82) is 0 Å². The topological polar surface area (TPSA) is 62.6 Å². The average Bonchev–Trinajstić information content (AvgIpc) is 3.09. The van der Waals surface area contributed by atoms with E-state index in [1.54, 1.807) is 17.4 Å². The summed E-state index contributed by atoms with van der Waals surface area (Å²) in [6.07, 6.45) is 0. The van der Waals surface area contributed by atoms with Gasteiger partial charge in [-0.25, -0.2) is 0 Å². The number of thiophene rings is 1. The van der Waals surface area contributed by atoms with Gasteiger partial charge in [0.1, 0.15) is 6.04 Å². The lowest BCUT2D eigenvalue weighted by Gasteiger charge is -2.20. The first-order valence-corrected chi connectivity index (χ1v) is 9.22. The number of likely N-dealkylation sites (N-methyl/N-ethyl adjacent to an activating group) is 1. The van der Waals surface area contributed by atoms with E-state index in [0.717, 1.165) is 11.1 Å². The predicted octanol–water partition coefficient (Wildman–Crippen LogP) is 1.10. The number of hydrogen-bond acceptors (Lipinski definition) is 3. The fraction of sp³-hybridized carbons (Fsp3) is 0.368. The zero-order valence-electron chi connectivity index (χ0n) is 15.2. The molecule has 0 aliphatic heterocycles. The van der Waals surface area contributed by atoms with Gasteiger partial charge in [-0.3, -0.25) is 9.59 Å². The largest absolute Gasteiger partial charge is 0.348 e. The van der Waals surface area contributed by atoms with Crippen LogP contribution in [0.1, 0.15) is 32.4 Å². The van der Waals surface area contributed by atoms with Gasteiger partial charge < -0.3 is 15.5 Å². The number of carbonyl (C=O) groups is 2. The maximum Gasteiger partial charge on any atom is 0.251 e. The molecule has 6 heteroatoms. The Hall–Kier alpha value is -2.18. The molecule has 1 heterocycles. The normalized spacial score (nSPS) is 12.0. The lowest BCUT2D eigenvalue weighted by atomic mass is 10.1. The summed E-state index contributed by atoms with van der Waals surface area (Å²) >= 11 is 1.69. The van der Waals surface area contributed by atoms with Gasteiger partial charge in [0, 0.05) is 5.56 Å². The van der Waals surface area contributed by atoms with Crippen molar-refractivity contribution in [3.63, 3.8) is 0 Å². The monoisotopic (exact) mass is 360 g/mol. The summed E-state index contributed by atoms with van der Waals surface area (Å²) in [5, 5.41) is 7.63. The molecule has 1 aromatic carbocycles. The zero-order valence-corrected chi connectivity index (χ0v) is 16.0. The van der Waals surface area contributed by atoms with Gasteiger partial charge in [-0.05, 0) is 48.6 Å². The summed E-state index contributed by atoms with van der Waals surface area (Å²) in [7, 11) is 4.14. The van der Waals surface area contributed by atoms with Crippen LogP contribution >= 0.6 is 11.3 Å². The molecule has 0 saturated heterocycles. The summed E-state index contributed by atoms with van der Waals surface area (Å²) < 4.78 is 0. The number of nitrogens with one attached hydrogen (secondary N) is 3. The second-order valence-corrected chi connectivity index (χ2v) is 7.41. The summed E-state index contributed by atoms with van der Waals surface area (Å²) in [4.78, 5) is 26.7. The first kappa shape index (κ1) is 19.1. The number of amides is 2. The second kappa shape index (κ2) is 8.78. The van der Waals surface area contributed by atoms with Crippen LogP contribution in [-0.4, -0.2) is 39.0 Å². The molecule has 2 amide bonds. The molecule has 25 heavy (non-hydrogen) atoms. The number of benzene rings is 1. The molecule has 0 radical (unpaired) electrons. The minimum Gasteiger partial charge on any atom is -0.348 e. The molecule has 134 valence electrons. The highest BCUT2D eigenvalue weighted by Gasteiger charge is 2.19. The fourth-order valence-electron chi connectivity index (χ4n) is 2.50. The smallest absolute Gasteiger partial charge is 0.251 e. The quantitative estimate of drug-likeness (QED) is 0.692. The van der Waals surface area contributed by atoms with Gasteiger partial charge in [0.05, 0.1) is 32.1 Å².